The van der Waals surface area contributed by atoms with Gasteiger partial charge in [0.1, 0.15) is 5.75 Å². The molecule has 0 saturated carbocycles. The van der Waals surface area contributed by atoms with Crippen molar-refractivity contribution in [3.8, 4) is 11.4 Å². The van der Waals surface area contributed by atoms with E-state index in [2.05, 4.69) is 10.3 Å². The van der Waals surface area contributed by atoms with E-state index < -0.39 is 0 Å². The van der Waals surface area contributed by atoms with Crippen LogP contribution in [-0.4, -0.2) is 22.6 Å². The minimum Gasteiger partial charge on any atom is -0.497 e. The number of amides is 1. The molecule has 1 N–H and O–H groups in total. The van der Waals surface area contributed by atoms with Crippen LogP contribution in [0.1, 0.15) is 11.1 Å². The standard InChI is InChI=1S/C20H19N3O2/c1-25-19-9-4-16(5-10-19)6-11-20(24)22-14-17-2-7-18(8-3-17)23-13-12-21-15-23/h2-13,15H,14H2,1H3,(H,22,24)/b11-6+. The number of nitrogens with zero attached hydrogens (tertiary/aromatic N) is 2. The second-order valence-electron chi connectivity index (χ2n) is 5.46. The molecule has 1 aromatic heterocycles. The Morgan fingerprint density at radius 2 is 1.92 bits per heavy atom. The molecule has 0 aliphatic carbocycles. The monoisotopic (exact) mass is 333 g/mol. The fraction of sp³-hybridized carbons (Fsp3) is 0.100. The van der Waals surface area contributed by atoms with E-state index in [1.807, 2.05) is 59.3 Å². The largest absolute Gasteiger partial charge is 0.497 e. The van der Waals surface area contributed by atoms with E-state index in [9.17, 15) is 4.79 Å². The number of hydrogen-bond acceptors (Lipinski definition) is 3. The number of methoxy groups -OCH3 is 1. The van der Waals surface area contributed by atoms with E-state index in [4.69, 9.17) is 4.74 Å². The average Bonchev–Trinajstić information content (AvgIpc) is 3.20. The zero-order valence-electron chi connectivity index (χ0n) is 13.9. The van der Waals surface area contributed by atoms with Crippen molar-refractivity contribution in [3.05, 3.63) is 84.5 Å². The number of benzene rings is 2. The SMILES string of the molecule is COc1ccc(/C=C/C(=O)NCc2ccc(-n3ccnc3)cc2)cc1. The molecule has 0 saturated heterocycles. The molecule has 0 fully saturated rings. The lowest BCUT2D eigenvalue weighted by Crippen LogP contribution is -2.20. The molecule has 0 bridgehead atoms. The van der Waals surface area contributed by atoms with E-state index in [1.54, 1.807) is 25.7 Å². The summed E-state index contributed by atoms with van der Waals surface area (Å²) in [4.78, 5) is 16.0. The number of aromatic nitrogens is 2. The van der Waals surface area contributed by atoms with Crippen LogP contribution in [0, 0.1) is 0 Å². The third kappa shape index (κ3) is 4.57. The Morgan fingerprint density at radius 3 is 2.56 bits per heavy atom. The summed E-state index contributed by atoms with van der Waals surface area (Å²) in [5.74, 6) is 0.662. The topological polar surface area (TPSA) is 56.1 Å². The summed E-state index contributed by atoms with van der Waals surface area (Å²) in [5, 5.41) is 2.88. The van der Waals surface area contributed by atoms with Crippen molar-refractivity contribution in [3.63, 3.8) is 0 Å². The molecule has 25 heavy (non-hydrogen) atoms. The van der Waals surface area contributed by atoms with Gasteiger partial charge >= 0.3 is 0 Å². The molecule has 3 rings (SSSR count). The number of nitrogens with one attached hydrogen (secondary N) is 1. The number of hydrogen-bond donors (Lipinski definition) is 1. The van der Waals surface area contributed by atoms with Gasteiger partial charge in [-0.2, -0.15) is 0 Å². The Morgan fingerprint density at radius 1 is 1.16 bits per heavy atom. The fourth-order valence-electron chi connectivity index (χ4n) is 2.33. The summed E-state index contributed by atoms with van der Waals surface area (Å²) in [5.41, 5.74) is 3.02. The van der Waals surface area contributed by atoms with E-state index in [0.717, 1.165) is 22.6 Å². The van der Waals surface area contributed by atoms with Crippen LogP contribution in [-0.2, 0) is 11.3 Å². The molecule has 2 aromatic carbocycles. The maximum absolute atomic E-state index is 11.9. The highest BCUT2D eigenvalue weighted by atomic mass is 16.5. The minimum absolute atomic E-state index is 0.130. The van der Waals surface area contributed by atoms with Gasteiger partial charge in [0, 0.05) is 30.7 Å². The lowest BCUT2D eigenvalue weighted by Gasteiger charge is -2.05. The van der Waals surface area contributed by atoms with Gasteiger partial charge in [-0.25, -0.2) is 4.98 Å². The smallest absolute Gasteiger partial charge is 0.244 e. The van der Waals surface area contributed by atoms with Crippen LogP contribution in [0.5, 0.6) is 5.75 Å². The van der Waals surface area contributed by atoms with Crippen molar-refractivity contribution in [2.45, 2.75) is 6.54 Å². The summed E-state index contributed by atoms with van der Waals surface area (Å²) < 4.78 is 7.04. The summed E-state index contributed by atoms with van der Waals surface area (Å²) in [6.45, 7) is 0.482. The molecule has 0 unspecified atom stereocenters. The molecule has 0 aliphatic rings. The molecule has 126 valence electrons. The predicted molar refractivity (Wildman–Crippen MR) is 97.4 cm³/mol. The van der Waals surface area contributed by atoms with Crippen LogP contribution in [0.2, 0.25) is 0 Å². The number of carbonyl (C=O) groups excluding carboxylic acids is 1. The van der Waals surface area contributed by atoms with Gasteiger partial charge in [0.25, 0.3) is 0 Å². The molecule has 0 aliphatic heterocycles. The summed E-state index contributed by atoms with van der Waals surface area (Å²) in [7, 11) is 1.63. The third-order valence-corrected chi connectivity index (χ3v) is 3.75. The molecular weight excluding hydrogens is 314 g/mol. The third-order valence-electron chi connectivity index (χ3n) is 3.75. The van der Waals surface area contributed by atoms with Crippen molar-refractivity contribution in [2.75, 3.05) is 7.11 Å². The summed E-state index contributed by atoms with van der Waals surface area (Å²) >= 11 is 0. The lowest BCUT2D eigenvalue weighted by atomic mass is 10.2. The van der Waals surface area contributed by atoms with E-state index in [1.165, 1.54) is 6.08 Å². The lowest BCUT2D eigenvalue weighted by molar-refractivity contribution is -0.116. The van der Waals surface area contributed by atoms with Crippen molar-refractivity contribution in [1.82, 2.24) is 14.9 Å². The summed E-state index contributed by atoms with van der Waals surface area (Å²) in [6.07, 6.45) is 8.68. The molecule has 1 heterocycles. The van der Waals surface area contributed by atoms with Crippen molar-refractivity contribution in [1.29, 1.82) is 0 Å². The number of ether oxygens (including phenoxy) is 1. The van der Waals surface area contributed by atoms with Gasteiger partial charge in [-0.15, -0.1) is 0 Å². The Kier molecular flexibility index (Phi) is 5.26. The Bertz CT molecular complexity index is 836. The van der Waals surface area contributed by atoms with E-state index in [0.29, 0.717) is 6.54 Å². The molecular formula is C20H19N3O2. The van der Waals surface area contributed by atoms with Crippen LogP contribution in [0.15, 0.2) is 73.3 Å². The normalized spacial score (nSPS) is 10.8. The van der Waals surface area contributed by atoms with Gasteiger partial charge in [-0.1, -0.05) is 24.3 Å². The van der Waals surface area contributed by atoms with Crippen molar-refractivity contribution >= 4 is 12.0 Å². The second-order valence-corrected chi connectivity index (χ2v) is 5.46. The van der Waals surface area contributed by atoms with Gasteiger partial charge in [0.15, 0.2) is 0 Å². The van der Waals surface area contributed by atoms with Gasteiger partial charge in [-0.3, -0.25) is 4.79 Å². The zero-order chi connectivity index (χ0) is 17.5. The highest BCUT2D eigenvalue weighted by Gasteiger charge is 1.99. The molecule has 3 aromatic rings. The Balaban J connectivity index is 1.52. The maximum Gasteiger partial charge on any atom is 0.244 e. The van der Waals surface area contributed by atoms with Gasteiger partial charge in [-0.05, 0) is 41.5 Å². The number of carbonyl (C=O) groups is 1. The highest BCUT2D eigenvalue weighted by molar-refractivity contribution is 5.91. The highest BCUT2D eigenvalue weighted by Crippen LogP contribution is 2.12. The van der Waals surface area contributed by atoms with Crippen LogP contribution < -0.4 is 10.1 Å². The first kappa shape index (κ1) is 16.5. The maximum atomic E-state index is 11.9. The number of rotatable bonds is 6. The quantitative estimate of drug-likeness (QED) is 0.705. The Hall–Kier alpha value is -3.34. The van der Waals surface area contributed by atoms with Gasteiger partial charge < -0.3 is 14.6 Å². The van der Waals surface area contributed by atoms with Crippen LogP contribution in [0.25, 0.3) is 11.8 Å². The van der Waals surface area contributed by atoms with Crippen LogP contribution in [0.4, 0.5) is 0 Å². The molecule has 1 amide bonds. The Labute approximate surface area is 146 Å². The molecule has 5 heteroatoms. The first-order chi connectivity index (χ1) is 12.2. The molecule has 0 atom stereocenters. The second kappa shape index (κ2) is 7.97. The van der Waals surface area contributed by atoms with Gasteiger partial charge in [0.05, 0.1) is 13.4 Å². The van der Waals surface area contributed by atoms with E-state index >= 15 is 0 Å². The van der Waals surface area contributed by atoms with Crippen molar-refractivity contribution < 1.29 is 9.53 Å². The first-order valence-electron chi connectivity index (χ1n) is 7.92. The van der Waals surface area contributed by atoms with Crippen LogP contribution >= 0.6 is 0 Å². The number of imidazole rings is 1. The van der Waals surface area contributed by atoms with Gasteiger partial charge in [0.2, 0.25) is 5.91 Å². The summed E-state index contributed by atoms with van der Waals surface area (Å²) in [6, 6.07) is 15.5. The van der Waals surface area contributed by atoms with Crippen LogP contribution in [0.3, 0.4) is 0 Å². The fourth-order valence-corrected chi connectivity index (χ4v) is 2.33. The molecule has 0 spiro atoms. The van der Waals surface area contributed by atoms with Crippen molar-refractivity contribution in [2.24, 2.45) is 0 Å². The predicted octanol–water partition coefficient (Wildman–Crippen LogP) is 3.21. The van der Waals surface area contributed by atoms with E-state index in [-0.39, 0.29) is 5.91 Å². The molecule has 0 radical (unpaired) electrons. The zero-order valence-corrected chi connectivity index (χ0v) is 13.9. The molecule has 5 nitrogen and oxygen atoms in total. The minimum atomic E-state index is -0.130. The average molecular weight is 333 g/mol. The first-order valence-corrected chi connectivity index (χ1v) is 7.92.